The molecule has 3 rings (SSSR count). The number of likely N-dealkylation sites (tertiary alicyclic amines) is 1. The fourth-order valence-electron chi connectivity index (χ4n) is 3.25. The lowest BCUT2D eigenvalue weighted by Crippen LogP contribution is -2.46. The van der Waals surface area contributed by atoms with E-state index in [-0.39, 0.29) is 29.6 Å². The average molecular weight is 428 g/mol. The predicted octanol–water partition coefficient (Wildman–Crippen LogP) is 2.21. The van der Waals surface area contributed by atoms with Crippen molar-refractivity contribution in [2.24, 2.45) is 0 Å². The van der Waals surface area contributed by atoms with E-state index in [0.29, 0.717) is 18.8 Å². The van der Waals surface area contributed by atoms with Gasteiger partial charge in [0, 0.05) is 32.2 Å². The Morgan fingerprint density at radius 1 is 1.07 bits per heavy atom. The second-order valence-electron chi connectivity index (χ2n) is 8.61. The molecule has 0 unspecified atom stereocenters. The smallest absolute Gasteiger partial charge is 0.410 e. The van der Waals surface area contributed by atoms with Crippen LogP contribution in [-0.4, -0.2) is 72.6 Å². The molecular weight excluding hydrogens is 398 g/mol. The maximum Gasteiger partial charge on any atom is 0.410 e. The zero-order valence-corrected chi connectivity index (χ0v) is 18.1. The van der Waals surface area contributed by atoms with Gasteiger partial charge >= 0.3 is 6.09 Å². The zero-order valence-electron chi connectivity index (χ0n) is 17.3. The minimum absolute atomic E-state index is 0.00883. The number of rotatable bonds is 5. The molecule has 29 heavy (non-hydrogen) atoms. The third kappa shape index (κ3) is 6.27. The monoisotopic (exact) mass is 427 g/mol. The Balaban J connectivity index is 1.36. The summed E-state index contributed by atoms with van der Waals surface area (Å²) in [5.41, 5.74) is -0.485. The Morgan fingerprint density at radius 3 is 2.17 bits per heavy atom. The maximum atomic E-state index is 12.1. The van der Waals surface area contributed by atoms with Crippen molar-refractivity contribution in [1.82, 2.24) is 14.9 Å². The van der Waals surface area contributed by atoms with E-state index in [1.165, 1.54) is 12.4 Å². The molecule has 2 fully saturated rings. The lowest BCUT2D eigenvalue weighted by atomic mass is 9.91. The first-order valence-corrected chi connectivity index (χ1v) is 11.7. The molecule has 1 aromatic heterocycles. The Morgan fingerprint density at radius 2 is 1.66 bits per heavy atom. The van der Waals surface area contributed by atoms with Crippen molar-refractivity contribution in [2.45, 2.75) is 75.5 Å². The highest BCUT2D eigenvalue weighted by molar-refractivity contribution is 7.90. The summed E-state index contributed by atoms with van der Waals surface area (Å²) in [4.78, 5) is 21.5. The van der Waals surface area contributed by atoms with Crippen LogP contribution in [0.2, 0.25) is 0 Å². The standard InChI is InChI=1S/C19H29N3O6S/c1-19(2,3)28-18(23)22-7-5-13(6-8-22)26-14-9-15(10-14)27-16-11-20-17(21-12-16)29(4,24)25/h11-15H,5-10H2,1-4H3. The molecule has 2 aliphatic rings. The molecule has 0 aromatic carbocycles. The van der Waals surface area contributed by atoms with E-state index in [0.717, 1.165) is 31.9 Å². The van der Waals surface area contributed by atoms with Gasteiger partial charge in [-0.2, -0.15) is 0 Å². The summed E-state index contributed by atoms with van der Waals surface area (Å²) in [6, 6.07) is 0. The first-order valence-electron chi connectivity index (χ1n) is 9.82. The summed E-state index contributed by atoms with van der Waals surface area (Å²) >= 11 is 0. The quantitative estimate of drug-likeness (QED) is 0.658. The van der Waals surface area contributed by atoms with Gasteiger partial charge in [-0.3, -0.25) is 0 Å². The summed E-state index contributed by atoms with van der Waals surface area (Å²) in [5.74, 6) is 0.450. The number of nitrogens with zero attached hydrogens (tertiary/aromatic N) is 3. The van der Waals surface area contributed by atoms with Gasteiger partial charge < -0.3 is 19.1 Å². The van der Waals surface area contributed by atoms with Crippen molar-refractivity contribution in [3.05, 3.63) is 12.4 Å². The SMILES string of the molecule is CC(C)(C)OC(=O)N1CCC(OC2CC(Oc3cnc(S(C)(=O)=O)nc3)C2)CC1. The molecule has 0 spiro atoms. The van der Waals surface area contributed by atoms with Gasteiger partial charge in [0.25, 0.3) is 0 Å². The minimum atomic E-state index is -3.41. The highest BCUT2D eigenvalue weighted by atomic mass is 32.2. The second kappa shape index (κ2) is 8.43. The van der Waals surface area contributed by atoms with Crippen molar-refractivity contribution < 1.29 is 27.4 Å². The molecule has 1 amide bonds. The summed E-state index contributed by atoms with van der Waals surface area (Å²) in [7, 11) is -3.41. The number of ether oxygens (including phenoxy) is 3. The molecule has 1 aliphatic carbocycles. The minimum Gasteiger partial charge on any atom is -0.487 e. The van der Waals surface area contributed by atoms with Crippen LogP contribution in [0.25, 0.3) is 0 Å². The normalized spacial score (nSPS) is 23.4. The van der Waals surface area contributed by atoms with Crippen LogP contribution in [0, 0.1) is 0 Å². The van der Waals surface area contributed by atoms with Crippen LogP contribution in [0.3, 0.4) is 0 Å². The molecular formula is C19H29N3O6S. The molecule has 1 aliphatic heterocycles. The van der Waals surface area contributed by atoms with Crippen molar-refractivity contribution in [2.75, 3.05) is 19.3 Å². The molecule has 0 atom stereocenters. The lowest BCUT2D eigenvalue weighted by molar-refractivity contribution is -0.110. The van der Waals surface area contributed by atoms with E-state index in [1.54, 1.807) is 4.90 Å². The van der Waals surface area contributed by atoms with Crippen LogP contribution in [0.1, 0.15) is 46.5 Å². The van der Waals surface area contributed by atoms with Crippen LogP contribution in [0.4, 0.5) is 4.79 Å². The molecule has 1 aromatic rings. The summed E-state index contributed by atoms with van der Waals surface area (Å²) in [5, 5.41) is -0.211. The van der Waals surface area contributed by atoms with Gasteiger partial charge in [-0.05, 0) is 33.6 Å². The average Bonchev–Trinajstić information content (AvgIpc) is 2.58. The van der Waals surface area contributed by atoms with Crippen LogP contribution in [0.5, 0.6) is 5.75 Å². The third-order valence-corrected chi connectivity index (χ3v) is 5.64. The number of hydrogen-bond donors (Lipinski definition) is 0. The third-order valence-electron chi connectivity index (χ3n) is 4.77. The topological polar surface area (TPSA) is 108 Å². The second-order valence-corrected chi connectivity index (χ2v) is 10.5. The van der Waals surface area contributed by atoms with E-state index in [9.17, 15) is 13.2 Å². The number of amides is 1. The number of aromatic nitrogens is 2. The molecule has 0 radical (unpaired) electrons. The van der Waals surface area contributed by atoms with Gasteiger partial charge in [0.1, 0.15) is 11.7 Å². The van der Waals surface area contributed by atoms with Crippen LogP contribution >= 0.6 is 0 Å². The van der Waals surface area contributed by atoms with E-state index in [4.69, 9.17) is 14.2 Å². The van der Waals surface area contributed by atoms with Crippen LogP contribution in [-0.2, 0) is 19.3 Å². The summed E-state index contributed by atoms with van der Waals surface area (Å²) in [6.45, 7) is 6.86. The Kier molecular flexibility index (Phi) is 6.33. The van der Waals surface area contributed by atoms with E-state index in [2.05, 4.69) is 9.97 Å². The predicted molar refractivity (Wildman–Crippen MR) is 104 cm³/mol. The fourth-order valence-corrected chi connectivity index (χ4v) is 3.74. The number of carbonyl (C=O) groups is 1. The number of carbonyl (C=O) groups excluding carboxylic acids is 1. The number of piperidine rings is 1. The van der Waals surface area contributed by atoms with Gasteiger partial charge in [0.2, 0.25) is 15.0 Å². The Bertz CT molecular complexity index is 807. The lowest BCUT2D eigenvalue weighted by Gasteiger charge is -2.39. The van der Waals surface area contributed by atoms with E-state index in [1.807, 2.05) is 20.8 Å². The van der Waals surface area contributed by atoms with Gasteiger partial charge in [-0.25, -0.2) is 23.2 Å². The van der Waals surface area contributed by atoms with Gasteiger partial charge in [0.05, 0.1) is 24.6 Å². The van der Waals surface area contributed by atoms with E-state index < -0.39 is 15.4 Å². The highest BCUT2D eigenvalue weighted by Crippen LogP contribution is 2.30. The first kappa shape index (κ1) is 21.8. The van der Waals surface area contributed by atoms with Crippen molar-refractivity contribution in [1.29, 1.82) is 0 Å². The maximum absolute atomic E-state index is 12.1. The van der Waals surface area contributed by atoms with Crippen LogP contribution in [0.15, 0.2) is 17.6 Å². The highest BCUT2D eigenvalue weighted by Gasteiger charge is 2.35. The van der Waals surface area contributed by atoms with E-state index >= 15 is 0 Å². The van der Waals surface area contributed by atoms with Crippen molar-refractivity contribution >= 4 is 15.9 Å². The number of sulfone groups is 1. The molecule has 10 heteroatoms. The summed E-state index contributed by atoms with van der Waals surface area (Å²) < 4.78 is 40.0. The molecule has 2 heterocycles. The molecule has 0 N–H and O–H groups in total. The molecule has 162 valence electrons. The molecule has 1 saturated heterocycles. The Labute approximate surface area is 171 Å². The van der Waals surface area contributed by atoms with Gasteiger partial charge in [-0.1, -0.05) is 0 Å². The van der Waals surface area contributed by atoms with Gasteiger partial charge in [-0.15, -0.1) is 0 Å². The molecule has 9 nitrogen and oxygen atoms in total. The fraction of sp³-hybridized carbons (Fsp3) is 0.737. The summed E-state index contributed by atoms with van der Waals surface area (Å²) in [6.07, 6.45) is 6.95. The Hall–Kier alpha value is -1.94. The molecule has 1 saturated carbocycles. The van der Waals surface area contributed by atoms with Crippen molar-refractivity contribution in [3.63, 3.8) is 0 Å². The van der Waals surface area contributed by atoms with Crippen LogP contribution < -0.4 is 4.74 Å². The largest absolute Gasteiger partial charge is 0.487 e. The molecule has 0 bridgehead atoms. The number of hydrogen-bond acceptors (Lipinski definition) is 8. The zero-order chi connectivity index (χ0) is 21.2. The first-order chi connectivity index (χ1) is 13.5. The van der Waals surface area contributed by atoms with Gasteiger partial charge in [0.15, 0.2) is 5.75 Å². The van der Waals surface area contributed by atoms with Crippen molar-refractivity contribution in [3.8, 4) is 5.75 Å².